The summed E-state index contributed by atoms with van der Waals surface area (Å²) in [5.74, 6) is 2.52. The Morgan fingerprint density at radius 3 is 2.07 bits per heavy atom. The van der Waals surface area contributed by atoms with E-state index in [4.69, 9.17) is 5.84 Å². The summed E-state index contributed by atoms with van der Waals surface area (Å²) in [5, 5.41) is 0. The predicted octanol–water partition coefficient (Wildman–Crippen LogP) is 2.44. The molecule has 1 fully saturated rings. The van der Waals surface area contributed by atoms with Gasteiger partial charge in [0.2, 0.25) is 0 Å². The summed E-state index contributed by atoms with van der Waals surface area (Å²) in [5.41, 5.74) is 2.29. The van der Waals surface area contributed by atoms with Gasteiger partial charge in [-0.2, -0.15) is 0 Å². The summed E-state index contributed by atoms with van der Waals surface area (Å²) in [6.45, 7) is 0.947. The molecular formula is C10H20F2N2. The SMILES string of the molecule is CC(F)(F)C(NN)C1CCCCCC1. The van der Waals surface area contributed by atoms with E-state index in [1.807, 2.05) is 0 Å². The van der Waals surface area contributed by atoms with Crippen molar-refractivity contribution in [3.05, 3.63) is 0 Å². The first-order chi connectivity index (χ1) is 6.55. The van der Waals surface area contributed by atoms with Crippen LogP contribution in [0.25, 0.3) is 0 Å². The molecule has 14 heavy (non-hydrogen) atoms. The van der Waals surface area contributed by atoms with Crippen LogP contribution in [0.1, 0.15) is 45.4 Å². The van der Waals surface area contributed by atoms with Gasteiger partial charge in [-0.3, -0.25) is 11.3 Å². The zero-order valence-electron chi connectivity index (χ0n) is 8.73. The minimum atomic E-state index is -2.72. The largest absolute Gasteiger partial charge is 0.271 e. The minimum Gasteiger partial charge on any atom is -0.271 e. The van der Waals surface area contributed by atoms with Crippen LogP contribution >= 0.6 is 0 Å². The number of nitrogens with one attached hydrogen (secondary N) is 1. The molecule has 4 heteroatoms. The first-order valence-electron chi connectivity index (χ1n) is 5.39. The van der Waals surface area contributed by atoms with Crippen molar-refractivity contribution in [3.63, 3.8) is 0 Å². The highest BCUT2D eigenvalue weighted by molar-refractivity contribution is 4.85. The fourth-order valence-corrected chi connectivity index (χ4v) is 2.34. The summed E-state index contributed by atoms with van der Waals surface area (Å²) in [6, 6.07) is -0.861. The van der Waals surface area contributed by atoms with Gasteiger partial charge in [-0.25, -0.2) is 8.78 Å². The fraction of sp³-hybridized carbons (Fsp3) is 1.00. The standard InChI is InChI=1S/C10H20F2N2/c1-10(11,12)9(14-13)8-6-4-2-3-5-7-8/h8-9,14H,2-7,13H2,1H3. The van der Waals surface area contributed by atoms with Crippen molar-refractivity contribution < 1.29 is 8.78 Å². The summed E-state index contributed by atoms with van der Waals surface area (Å²) < 4.78 is 26.3. The van der Waals surface area contributed by atoms with E-state index >= 15 is 0 Å². The number of halogens is 2. The number of rotatable bonds is 3. The van der Waals surface area contributed by atoms with Gasteiger partial charge in [-0.05, 0) is 18.8 Å². The van der Waals surface area contributed by atoms with Crippen molar-refractivity contribution in [2.24, 2.45) is 11.8 Å². The Morgan fingerprint density at radius 2 is 1.71 bits per heavy atom. The second-order valence-electron chi connectivity index (χ2n) is 4.35. The van der Waals surface area contributed by atoms with E-state index in [-0.39, 0.29) is 5.92 Å². The van der Waals surface area contributed by atoms with Crippen LogP contribution in [0.3, 0.4) is 0 Å². The van der Waals surface area contributed by atoms with Crippen molar-refractivity contribution in [1.29, 1.82) is 0 Å². The molecule has 0 aromatic rings. The maximum absolute atomic E-state index is 13.2. The van der Waals surface area contributed by atoms with Gasteiger partial charge in [0, 0.05) is 6.92 Å². The lowest BCUT2D eigenvalue weighted by Gasteiger charge is -2.30. The molecule has 0 spiro atoms. The van der Waals surface area contributed by atoms with Gasteiger partial charge in [0.1, 0.15) is 0 Å². The molecule has 84 valence electrons. The normalized spacial score (nSPS) is 23.1. The first kappa shape index (κ1) is 11.9. The zero-order valence-corrected chi connectivity index (χ0v) is 8.73. The average Bonchev–Trinajstić information content (AvgIpc) is 2.31. The molecule has 1 aliphatic carbocycles. The Labute approximate surface area is 84.2 Å². The molecule has 2 nitrogen and oxygen atoms in total. The van der Waals surface area contributed by atoms with E-state index in [0.717, 1.165) is 32.6 Å². The van der Waals surface area contributed by atoms with E-state index in [2.05, 4.69) is 5.43 Å². The third-order valence-corrected chi connectivity index (χ3v) is 3.10. The molecule has 0 aliphatic heterocycles. The maximum atomic E-state index is 13.2. The van der Waals surface area contributed by atoms with Crippen molar-refractivity contribution >= 4 is 0 Å². The monoisotopic (exact) mass is 206 g/mol. The Hall–Kier alpha value is -0.220. The first-order valence-corrected chi connectivity index (χ1v) is 5.39. The van der Waals surface area contributed by atoms with Gasteiger partial charge in [0.25, 0.3) is 5.92 Å². The highest BCUT2D eigenvalue weighted by Crippen LogP contribution is 2.32. The molecule has 0 heterocycles. The molecule has 0 bridgehead atoms. The van der Waals surface area contributed by atoms with Crippen molar-refractivity contribution in [1.82, 2.24) is 5.43 Å². The van der Waals surface area contributed by atoms with E-state index in [1.165, 1.54) is 12.8 Å². The van der Waals surface area contributed by atoms with Crippen molar-refractivity contribution in [3.8, 4) is 0 Å². The van der Waals surface area contributed by atoms with Crippen LogP contribution in [-0.2, 0) is 0 Å². The van der Waals surface area contributed by atoms with Crippen LogP contribution in [0, 0.1) is 5.92 Å². The number of nitrogens with two attached hydrogens (primary N) is 1. The second kappa shape index (κ2) is 5.03. The number of hydrazine groups is 1. The molecule has 1 rings (SSSR count). The molecule has 0 aromatic heterocycles. The lowest BCUT2D eigenvalue weighted by molar-refractivity contribution is -0.0410. The van der Waals surface area contributed by atoms with E-state index < -0.39 is 12.0 Å². The molecule has 1 aliphatic rings. The number of hydrogen-bond acceptors (Lipinski definition) is 2. The molecule has 1 atom stereocenters. The molecule has 0 amide bonds. The third-order valence-electron chi connectivity index (χ3n) is 3.10. The lowest BCUT2D eigenvalue weighted by Crippen LogP contribution is -2.51. The highest BCUT2D eigenvalue weighted by Gasteiger charge is 2.38. The summed E-state index contributed by atoms with van der Waals surface area (Å²) >= 11 is 0. The summed E-state index contributed by atoms with van der Waals surface area (Å²) in [7, 11) is 0. The Morgan fingerprint density at radius 1 is 1.21 bits per heavy atom. The molecular weight excluding hydrogens is 186 g/mol. The molecule has 3 N–H and O–H groups in total. The molecule has 1 saturated carbocycles. The molecule has 0 aromatic carbocycles. The quantitative estimate of drug-likeness (QED) is 0.423. The topological polar surface area (TPSA) is 38.0 Å². The van der Waals surface area contributed by atoms with Gasteiger partial charge >= 0.3 is 0 Å². The van der Waals surface area contributed by atoms with Crippen molar-refractivity contribution in [2.45, 2.75) is 57.4 Å². The lowest BCUT2D eigenvalue weighted by atomic mass is 9.89. The summed E-state index contributed by atoms with van der Waals surface area (Å²) in [6.07, 6.45) is 6.20. The van der Waals surface area contributed by atoms with Crippen LogP contribution in [0.4, 0.5) is 8.78 Å². The van der Waals surface area contributed by atoms with Crippen LogP contribution < -0.4 is 11.3 Å². The molecule has 0 radical (unpaired) electrons. The number of alkyl halides is 2. The van der Waals surface area contributed by atoms with Crippen molar-refractivity contribution in [2.75, 3.05) is 0 Å². The van der Waals surface area contributed by atoms with Gasteiger partial charge in [0.15, 0.2) is 0 Å². The van der Waals surface area contributed by atoms with Crippen LogP contribution in [0.15, 0.2) is 0 Å². The van der Waals surface area contributed by atoms with Gasteiger partial charge in [-0.15, -0.1) is 0 Å². The van der Waals surface area contributed by atoms with Gasteiger partial charge < -0.3 is 0 Å². The number of hydrogen-bond donors (Lipinski definition) is 2. The minimum absolute atomic E-state index is 0.0301. The average molecular weight is 206 g/mol. The van der Waals surface area contributed by atoms with Crippen LogP contribution in [-0.4, -0.2) is 12.0 Å². The highest BCUT2D eigenvalue weighted by atomic mass is 19.3. The predicted molar refractivity (Wildman–Crippen MR) is 52.9 cm³/mol. The Balaban J connectivity index is 2.58. The van der Waals surface area contributed by atoms with E-state index in [9.17, 15) is 8.78 Å². The zero-order chi connectivity index (χ0) is 10.6. The van der Waals surface area contributed by atoms with Crippen LogP contribution in [0.5, 0.6) is 0 Å². The van der Waals surface area contributed by atoms with E-state index in [1.54, 1.807) is 0 Å². The fourth-order valence-electron chi connectivity index (χ4n) is 2.34. The Bertz CT molecular complexity index is 160. The second-order valence-corrected chi connectivity index (χ2v) is 4.35. The molecule has 0 saturated heterocycles. The smallest absolute Gasteiger partial charge is 0.261 e. The van der Waals surface area contributed by atoms with Crippen LogP contribution in [0.2, 0.25) is 0 Å². The molecule has 1 unspecified atom stereocenters. The summed E-state index contributed by atoms with van der Waals surface area (Å²) in [4.78, 5) is 0. The van der Waals surface area contributed by atoms with Gasteiger partial charge in [0.05, 0.1) is 6.04 Å². The van der Waals surface area contributed by atoms with E-state index in [0.29, 0.717) is 0 Å². The van der Waals surface area contributed by atoms with Gasteiger partial charge in [-0.1, -0.05) is 25.7 Å². The Kier molecular flexibility index (Phi) is 4.26. The maximum Gasteiger partial charge on any atom is 0.261 e. The third kappa shape index (κ3) is 3.17.